The van der Waals surface area contributed by atoms with Gasteiger partial charge in [0.25, 0.3) is 0 Å². The molecule has 0 radical (unpaired) electrons. The number of nitrogens with one attached hydrogen (secondary N) is 1. The zero-order valence-electron chi connectivity index (χ0n) is 12.4. The summed E-state index contributed by atoms with van der Waals surface area (Å²) in [6, 6.07) is 3.56. The average molecular weight is 294 g/mol. The number of hydrogen-bond acceptors (Lipinski definition) is 4. The van der Waals surface area contributed by atoms with E-state index in [1.807, 2.05) is 6.07 Å². The van der Waals surface area contributed by atoms with Crippen LogP contribution in [-0.4, -0.2) is 36.7 Å². The van der Waals surface area contributed by atoms with Crippen molar-refractivity contribution in [1.29, 1.82) is 0 Å². The minimum absolute atomic E-state index is 0.178. The molecular weight excluding hydrogens is 275 g/mol. The molecule has 1 amide bonds. The van der Waals surface area contributed by atoms with Gasteiger partial charge in [0.1, 0.15) is 17.0 Å². The molecule has 114 valence electrons. The summed E-state index contributed by atoms with van der Waals surface area (Å²) >= 11 is 0. The van der Waals surface area contributed by atoms with E-state index < -0.39 is 11.5 Å². The fourth-order valence-corrected chi connectivity index (χ4v) is 2.91. The van der Waals surface area contributed by atoms with Crippen molar-refractivity contribution in [2.45, 2.75) is 31.7 Å². The number of rotatable bonds is 4. The van der Waals surface area contributed by atoms with Gasteiger partial charge in [-0.1, -0.05) is 0 Å². The van der Waals surface area contributed by atoms with Crippen LogP contribution in [0.5, 0.6) is 11.5 Å². The number of carbonyl (C=O) groups excluding carboxylic acids is 1. The van der Waals surface area contributed by atoms with E-state index in [0.717, 1.165) is 11.1 Å². The summed E-state index contributed by atoms with van der Waals surface area (Å²) in [6.45, 7) is 1.32. The quantitative estimate of drug-likeness (QED) is 0.814. The molecule has 0 spiro atoms. The lowest BCUT2D eigenvalue weighted by molar-refractivity contribution is -0.148. The largest absolute Gasteiger partial charge is 0.496 e. The van der Waals surface area contributed by atoms with Crippen LogP contribution in [0.2, 0.25) is 0 Å². The van der Waals surface area contributed by atoms with Gasteiger partial charge in [-0.05, 0) is 25.0 Å². The number of hydrogen-bond donors (Lipinski definition) is 2. The van der Waals surface area contributed by atoms with Gasteiger partial charge in [0.2, 0.25) is 5.91 Å². The molecule has 1 aromatic carbocycles. The molecule has 1 aliphatic carbocycles. The lowest BCUT2D eigenvalue weighted by atomic mass is 9.81. The van der Waals surface area contributed by atoms with Gasteiger partial charge >= 0.3 is 5.97 Å². The smallest absolute Gasteiger partial charge is 0.329 e. The molecule has 0 aliphatic heterocycles. The molecule has 0 unspecified atom stereocenters. The maximum Gasteiger partial charge on any atom is 0.329 e. The summed E-state index contributed by atoms with van der Waals surface area (Å²) in [7, 11) is 3.12. The van der Waals surface area contributed by atoms with E-state index >= 15 is 0 Å². The van der Waals surface area contributed by atoms with E-state index in [-0.39, 0.29) is 12.3 Å². The van der Waals surface area contributed by atoms with Crippen LogP contribution in [0.4, 0.5) is 0 Å². The van der Waals surface area contributed by atoms with Crippen LogP contribution in [0, 0.1) is 0 Å². The standard InChI is InChI=1S/C15H19NO5/c1-9(17)16-15(14(18)19)7-6-10-11(8-15)13(21-3)5-4-12(10)20-2/h4-5H,6-8H2,1-3H3,(H,16,17)(H,18,19)/t15-/m1/s1/i14+1. The lowest BCUT2D eigenvalue weighted by Gasteiger charge is -2.36. The number of fused-ring (bicyclic) bond motifs is 1. The summed E-state index contributed by atoms with van der Waals surface area (Å²) in [6.07, 6.45) is 0.998. The highest BCUT2D eigenvalue weighted by molar-refractivity contribution is 5.87. The number of benzene rings is 1. The third-order valence-corrected chi connectivity index (χ3v) is 3.89. The van der Waals surface area contributed by atoms with Gasteiger partial charge in [0, 0.05) is 24.5 Å². The monoisotopic (exact) mass is 294 g/mol. The van der Waals surface area contributed by atoms with Crippen LogP contribution in [-0.2, 0) is 22.4 Å². The number of carboxylic acids is 1. The van der Waals surface area contributed by atoms with Gasteiger partial charge in [0.15, 0.2) is 0 Å². The first kappa shape index (κ1) is 15.2. The molecule has 6 heteroatoms. The zero-order chi connectivity index (χ0) is 15.6. The molecule has 1 aromatic rings. The second kappa shape index (κ2) is 5.63. The Morgan fingerprint density at radius 2 is 1.76 bits per heavy atom. The lowest BCUT2D eigenvalue weighted by Crippen LogP contribution is -2.57. The van der Waals surface area contributed by atoms with Crippen molar-refractivity contribution in [3.63, 3.8) is 0 Å². The van der Waals surface area contributed by atoms with Crippen LogP contribution >= 0.6 is 0 Å². The Labute approximate surface area is 123 Å². The molecule has 2 N–H and O–H groups in total. The first-order valence-electron chi connectivity index (χ1n) is 6.68. The average Bonchev–Trinajstić information content (AvgIpc) is 2.45. The number of ether oxygens (including phenoxy) is 2. The molecule has 6 nitrogen and oxygen atoms in total. The topological polar surface area (TPSA) is 84.9 Å². The highest BCUT2D eigenvalue weighted by Crippen LogP contribution is 2.39. The van der Waals surface area contributed by atoms with Gasteiger partial charge in [0.05, 0.1) is 14.2 Å². The van der Waals surface area contributed by atoms with Gasteiger partial charge in [-0.25, -0.2) is 4.79 Å². The number of carbonyl (C=O) groups is 2. The minimum atomic E-state index is -1.29. The van der Waals surface area contributed by atoms with Crippen LogP contribution in [0.3, 0.4) is 0 Å². The number of carboxylic acid groups (broad SMARTS) is 1. The Hall–Kier alpha value is -2.24. The van der Waals surface area contributed by atoms with Gasteiger partial charge in [-0.2, -0.15) is 0 Å². The van der Waals surface area contributed by atoms with Crippen LogP contribution in [0.15, 0.2) is 12.1 Å². The predicted octanol–water partition coefficient (Wildman–Crippen LogP) is 1.15. The maximum absolute atomic E-state index is 11.7. The fourth-order valence-electron chi connectivity index (χ4n) is 2.91. The van der Waals surface area contributed by atoms with E-state index in [1.54, 1.807) is 13.2 Å². The summed E-state index contributed by atoms with van der Waals surface area (Å²) in [5, 5.41) is 12.2. The molecule has 2 rings (SSSR count). The number of methoxy groups -OCH3 is 2. The van der Waals surface area contributed by atoms with Crippen molar-refractivity contribution in [3.8, 4) is 11.5 Å². The second-order valence-electron chi connectivity index (χ2n) is 5.17. The van der Waals surface area contributed by atoms with Gasteiger partial charge < -0.3 is 19.9 Å². The van der Waals surface area contributed by atoms with Crippen LogP contribution in [0.1, 0.15) is 24.5 Å². The van der Waals surface area contributed by atoms with Gasteiger partial charge in [-0.3, -0.25) is 4.79 Å². The fraction of sp³-hybridized carbons (Fsp3) is 0.467. The third kappa shape index (κ3) is 2.66. The van der Waals surface area contributed by atoms with Gasteiger partial charge in [-0.15, -0.1) is 0 Å². The first-order chi connectivity index (χ1) is 9.93. The molecular formula is C15H19NO5. The molecule has 0 fully saturated rings. The normalized spacial score (nSPS) is 20.3. The van der Waals surface area contributed by atoms with E-state index in [1.165, 1.54) is 14.0 Å². The Kier molecular flexibility index (Phi) is 4.06. The molecule has 0 heterocycles. The van der Waals surface area contributed by atoms with E-state index in [9.17, 15) is 14.7 Å². The van der Waals surface area contributed by atoms with Crippen LogP contribution in [0.25, 0.3) is 0 Å². The van der Waals surface area contributed by atoms with E-state index in [4.69, 9.17) is 9.47 Å². The molecule has 0 aromatic heterocycles. The SMILES string of the molecule is COc1ccc(OC)c2c1CC[C@](NC(C)=O)([13C](=O)O)C2. The molecule has 0 saturated heterocycles. The molecule has 0 saturated carbocycles. The van der Waals surface area contributed by atoms with Crippen molar-refractivity contribution >= 4 is 11.9 Å². The molecule has 1 atom stereocenters. The van der Waals surface area contributed by atoms with Crippen molar-refractivity contribution in [2.75, 3.05) is 14.2 Å². The van der Waals surface area contributed by atoms with Crippen molar-refractivity contribution < 1.29 is 24.2 Å². The van der Waals surface area contributed by atoms with Crippen LogP contribution < -0.4 is 14.8 Å². The summed E-state index contributed by atoms with van der Waals surface area (Å²) < 4.78 is 10.7. The van der Waals surface area contributed by atoms with Crippen molar-refractivity contribution in [1.82, 2.24) is 5.32 Å². The summed E-state index contributed by atoms with van der Waals surface area (Å²) in [4.78, 5) is 23.1. The number of aliphatic carboxylic acids is 1. The highest BCUT2D eigenvalue weighted by atomic mass is 16.5. The predicted molar refractivity (Wildman–Crippen MR) is 75.8 cm³/mol. The van der Waals surface area contributed by atoms with Crippen molar-refractivity contribution in [2.24, 2.45) is 0 Å². The molecule has 21 heavy (non-hydrogen) atoms. The Morgan fingerprint density at radius 3 is 2.24 bits per heavy atom. The minimum Gasteiger partial charge on any atom is -0.496 e. The Bertz CT molecular complexity index is 584. The maximum atomic E-state index is 11.7. The second-order valence-corrected chi connectivity index (χ2v) is 5.17. The zero-order valence-corrected chi connectivity index (χ0v) is 12.4. The number of amides is 1. The summed E-state index contributed by atoms with van der Waals surface area (Å²) in [5.74, 6) is -0.0648. The highest BCUT2D eigenvalue weighted by Gasteiger charge is 2.44. The molecule has 0 bridgehead atoms. The Morgan fingerprint density at radius 1 is 1.19 bits per heavy atom. The molecule has 1 aliphatic rings. The van der Waals surface area contributed by atoms with E-state index in [2.05, 4.69) is 5.32 Å². The van der Waals surface area contributed by atoms with Crippen molar-refractivity contribution in [3.05, 3.63) is 23.3 Å². The summed E-state index contributed by atoms with van der Waals surface area (Å²) in [5.41, 5.74) is 0.427. The Balaban J connectivity index is 2.50. The van der Waals surface area contributed by atoms with E-state index in [0.29, 0.717) is 24.3 Å². The third-order valence-electron chi connectivity index (χ3n) is 3.89. The first-order valence-corrected chi connectivity index (χ1v) is 6.68.